The van der Waals surface area contributed by atoms with Crippen molar-refractivity contribution in [1.82, 2.24) is 14.6 Å². The second-order valence-electron chi connectivity index (χ2n) is 7.05. The number of carbonyl (C=O) groups excluding carboxylic acids is 1. The first kappa shape index (κ1) is 23.5. The molecule has 0 unspecified atom stereocenters. The molecule has 1 fully saturated rings. The van der Waals surface area contributed by atoms with Crippen LogP contribution in [0.2, 0.25) is 0 Å². The molecule has 7 nitrogen and oxygen atoms in total. The Morgan fingerprint density at radius 3 is 2.65 bits per heavy atom. The molecule has 1 aliphatic heterocycles. The minimum absolute atomic E-state index is 0.00268. The Balaban J connectivity index is 1.53. The van der Waals surface area contributed by atoms with Gasteiger partial charge in [0, 0.05) is 36.8 Å². The number of pyridine rings is 1. The van der Waals surface area contributed by atoms with Crippen molar-refractivity contribution in [3.63, 3.8) is 0 Å². The van der Waals surface area contributed by atoms with E-state index in [0.717, 1.165) is 30.6 Å². The van der Waals surface area contributed by atoms with Crippen LogP contribution in [0.25, 0.3) is 0 Å². The van der Waals surface area contributed by atoms with Crippen molar-refractivity contribution in [2.45, 2.75) is 42.6 Å². The van der Waals surface area contributed by atoms with Gasteiger partial charge in [0.15, 0.2) is 6.61 Å². The molecule has 3 heterocycles. The minimum atomic E-state index is -4.47. The molecule has 2 aromatic heterocycles. The van der Waals surface area contributed by atoms with E-state index in [0.29, 0.717) is 23.5 Å². The van der Waals surface area contributed by atoms with Crippen molar-refractivity contribution in [3.8, 4) is 5.88 Å². The van der Waals surface area contributed by atoms with Gasteiger partial charge in [0.25, 0.3) is 10.0 Å². The minimum Gasteiger partial charge on any atom is -0.468 e. The van der Waals surface area contributed by atoms with Crippen LogP contribution in [0.4, 0.5) is 13.2 Å². The summed E-state index contributed by atoms with van der Waals surface area (Å²) in [6.45, 7) is -0.349. The van der Waals surface area contributed by atoms with E-state index in [1.807, 2.05) is 0 Å². The number of halogens is 3. The van der Waals surface area contributed by atoms with Crippen LogP contribution in [0.15, 0.2) is 34.7 Å². The maximum absolute atomic E-state index is 12.7. The zero-order chi connectivity index (χ0) is 22.5. The van der Waals surface area contributed by atoms with Crippen molar-refractivity contribution in [1.29, 1.82) is 0 Å². The Morgan fingerprint density at radius 1 is 1.19 bits per heavy atom. The molecule has 31 heavy (non-hydrogen) atoms. The van der Waals surface area contributed by atoms with Gasteiger partial charge in [-0.1, -0.05) is 6.42 Å². The average Bonchev–Trinajstić information content (AvgIpc) is 3.20. The Kier molecular flexibility index (Phi) is 7.55. The number of carbonyl (C=O) groups is 1. The predicted molar refractivity (Wildman–Crippen MR) is 108 cm³/mol. The summed E-state index contributed by atoms with van der Waals surface area (Å²) in [7, 11) is -3.53. The van der Waals surface area contributed by atoms with Gasteiger partial charge in [-0.2, -0.15) is 17.5 Å². The van der Waals surface area contributed by atoms with E-state index in [9.17, 15) is 26.4 Å². The Labute approximate surface area is 182 Å². The Hall–Kier alpha value is -2.18. The number of piperidine rings is 1. The molecule has 0 atom stereocenters. The number of aromatic nitrogens is 1. The summed E-state index contributed by atoms with van der Waals surface area (Å²) in [6.07, 6.45) is -0.454. The third kappa shape index (κ3) is 6.91. The molecule has 1 saturated heterocycles. The van der Waals surface area contributed by atoms with Gasteiger partial charge in [0.1, 0.15) is 4.21 Å². The number of thiophene rings is 1. The van der Waals surface area contributed by atoms with E-state index >= 15 is 0 Å². The first-order valence-electron chi connectivity index (χ1n) is 9.63. The molecule has 2 aromatic rings. The highest BCUT2D eigenvalue weighted by Gasteiger charge is 2.29. The normalized spacial score (nSPS) is 15.6. The van der Waals surface area contributed by atoms with Crippen LogP contribution >= 0.6 is 11.3 Å². The molecule has 170 valence electrons. The van der Waals surface area contributed by atoms with Crippen molar-refractivity contribution < 1.29 is 31.1 Å². The van der Waals surface area contributed by atoms with Gasteiger partial charge in [-0.3, -0.25) is 4.79 Å². The van der Waals surface area contributed by atoms with Gasteiger partial charge in [-0.05, 0) is 36.6 Å². The van der Waals surface area contributed by atoms with Crippen LogP contribution in [0.5, 0.6) is 5.88 Å². The number of rotatable bonds is 8. The van der Waals surface area contributed by atoms with Crippen molar-refractivity contribution in [2.24, 2.45) is 0 Å². The maximum atomic E-state index is 12.7. The maximum Gasteiger partial charge on any atom is 0.422 e. The molecule has 0 aromatic carbocycles. The van der Waals surface area contributed by atoms with Crippen LogP contribution < -0.4 is 10.1 Å². The zero-order valence-electron chi connectivity index (χ0n) is 16.5. The lowest BCUT2D eigenvalue weighted by molar-refractivity contribution is -0.154. The highest BCUT2D eigenvalue weighted by molar-refractivity contribution is 7.91. The van der Waals surface area contributed by atoms with Crippen LogP contribution in [0.3, 0.4) is 0 Å². The molecule has 0 bridgehead atoms. The highest BCUT2D eigenvalue weighted by atomic mass is 32.2. The fourth-order valence-electron chi connectivity index (χ4n) is 3.04. The van der Waals surface area contributed by atoms with Crippen LogP contribution in [-0.2, 0) is 27.8 Å². The molecule has 3 rings (SSSR count). The summed E-state index contributed by atoms with van der Waals surface area (Å²) in [5.41, 5.74) is 0.528. The number of hydrogen-bond acceptors (Lipinski definition) is 6. The third-order valence-electron chi connectivity index (χ3n) is 4.55. The van der Waals surface area contributed by atoms with Gasteiger partial charge in [-0.25, -0.2) is 13.4 Å². The lowest BCUT2D eigenvalue weighted by Gasteiger charge is -2.25. The Bertz CT molecular complexity index is 1000. The standard InChI is InChI=1S/C19H22F3N3O4S2/c20-19(21,22)13-29-17-10-14(6-7-23-17)12-24-16(26)11-15-4-5-18(30-15)31(27,28)25-8-2-1-3-9-25/h4-7,10H,1-3,8-9,11-13H2,(H,24,26). The third-order valence-corrected chi connectivity index (χ3v) is 8.00. The van der Waals surface area contributed by atoms with Gasteiger partial charge in [0.2, 0.25) is 11.8 Å². The lowest BCUT2D eigenvalue weighted by atomic mass is 10.2. The van der Waals surface area contributed by atoms with E-state index in [1.165, 1.54) is 22.6 Å². The van der Waals surface area contributed by atoms with E-state index in [2.05, 4.69) is 15.0 Å². The second kappa shape index (κ2) is 9.96. The fraction of sp³-hybridized carbons (Fsp3) is 0.474. The number of hydrogen-bond donors (Lipinski definition) is 1. The molecular formula is C19H22F3N3O4S2. The zero-order valence-corrected chi connectivity index (χ0v) is 18.2. The number of alkyl halides is 3. The number of nitrogens with one attached hydrogen (secondary N) is 1. The summed E-state index contributed by atoms with van der Waals surface area (Å²) in [4.78, 5) is 16.5. The van der Waals surface area contributed by atoms with Crippen molar-refractivity contribution in [3.05, 3.63) is 40.9 Å². The smallest absolute Gasteiger partial charge is 0.422 e. The highest BCUT2D eigenvalue weighted by Crippen LogP contribution is 2.27. The van der Waals surface area contributed by atoms with Crippen LogP contribution in [0.1, 0.15) is 29.7 Å². The summed E-state index contributed by atoms with van der Waals surface area (Å²) >= 11 is 1.07. The molecule has 0 saturated carbocycles. The number of sulfonamides is 1. The molecule has 1 amide bonds. The summed E-state index contributed by atoms with van der Waals surface area (Å²) in [5.74, 6) is -0.520. The number of nitrogens with zero attached hydrogens (tertiary/aromatic N) is 2. The average molecular weight is 478 g/mol. The number of ether oxygens (including phenoxy) is 1. The molecular weight excluding hydrogens is 455 g/mol. The molecule has 12 heteroatoms. The number of amides is 1. The monoisotopic (exact) mass is 477 g/mol. The van der Waals surface area contributed by atoms with Crippen molar-refractivity contribution >= 4 is 27.3 Å². The predicted octanol–water partition coefficient (Wildman–Crippen LogP) is 3.12. The van der Waals surface area contributed by atoms with Gasteiger partial charge >= 0.3 is 6.18 Å². The van der Waals surface area contributed by atoms with Crippen LogP contribution in [0, 0.1) is 0 Å². The summed E-state index contributed by atoms with van der Waals surface area (Å²) in [5, 5.41) is 2.66. The van der Waals surface area contributed by atoms with Gasteiger partial charge in [-0.15, -0.1) is 11.3 Å². The summed E-state index contributed by atoms with van der Waals surface area (Å²) in [6, 6.07) is 6.01. The lowest BCUT2D eigenvalue weighted by Crippen LogP contribution is -2.35. The van der Waals surface area contributed by atoms with Gasteiger partial charge < -0.3 is 10.1 Å². The topological polar surface area (TPSA) is 88.6 Å². The van der Waals surface area contributed by atoms with Crippen LogP contribution in [-0.4, -0.2) is 49.5 Å². The SMILES string of the molecule is O=C(Cc1ccc(S(=O)(=O)N2CCCCC2)s1)NCc1ccnc(OCC(F)(F)F)c1. The summed E-state index contributed by atoms with van der Waals surface area (Å²) < 4.78 is 68.4. The van der Waals surface area contributed by atoms with E-state index in [-0.39, 0.29) is 29.0 Å². The van der Waals surface area contributed by atoms with Crippen molar-refractivity contribution in [2.75, 3.05) is 19.7 Å². The van der Waals surface area contributed by atoms with E-state index in [4.69, 9.17) is 0 Å². The Morgan fingerprint density at radius 2 is 1.94 bits per heavy atom. The second-order valence-corrected chi connectivity index (χ2v) is 10.4. The molecule has 1 N–H and O–H groups in total. The van der Waals surface area contributed by atoms with E-state index < -0.39 is 22.8 Å². The molecule has 0 spiro atoms. The first-order chi connectivity index (χ1) is 14.6. The first-order valence-corrected chi connectivity index (χ1v) is 11.9. The molecule has 0 aliphatic carbocycles. The van der Waals surface area contributed by atoms with Gasteiger partial charge in [0.05, 0.1) is 6.42 Å². The quantitative estimate of drug-likeness (QED) is 0.631. The van der Waals surface area contributed by atoms with E-state index in [1.54, 1.807) is 12.1 Å². The molecule has 1 aliphatic rings. The molecule has 0 radical (unpaired) electrons. The largest absolute Gasteiger partial charge is 0.468 e. The fourth-order valence-corrected chi connectivity index (χ4v) is 6.07.